The van der Waals surface area contributed by atoms with Crippen LogP contribution >= 0.6 is 0 Å². The van der Waals surface area contributed by atoms with Crippen molar-refractivity contribution in [2.24, 2.45) is 0 Å². The lowest BCUT2D eigenvalue weighted by Crippen LogP contribution is -2.32. The molecule has 2 aromatic rings. The van der Waals surface area contributed by atoms with Crippen LogP contribution in [0.2, 0.25) is 0 Å². The van der Waals surface area contributed by atoms with Crippen molar-refractivity contribution in [3.8, 4) is 0 Å². The zero-order valence-corrected chi connectivity index (χ0v) is 13.0. The standard InChI is InChI=1S/C17H19N3O3/c1-11-8-14(20-23-11)4-5-16(21)19-10-12-2-3-13-6-7-18-17(22)15(13)9-12/h2-3,8-9H,4-7,10H2,1H3,(H,18,22)(H,19,21). The second-order valence-electron chi connectivity index (χ2n) is 5.70. The summed E-state index contributed by atoms with van der Waals surface area (Å²) in [6, 6.07) is 7.60. The van der Waals surface area contributed by atoms with Crippen LogP contribution in [0.3, 0.4) is 0 Å². The largest absolute Gasteiger partial charge is 0.361 e. The lowest BCUT2D eigenvalue weighted by molar-refractivity contribution is -0.121. The third kappa shape index (κ3) is 3.77. The summed E-state index contributed by atoms with van der Waals surface area (Å²) >= 11 is 0. The summed E-state index contributed by atoms with van der Waals surface area (Å²) in [6.07, 6.45) is 1.76. The maximum Gasteiger partial charge on any atom is 0.251 e. The summed E-state index contributed by atoms with van der Waals surface area (Å²) in [4.78, 5) is 23.7. The van der Waals surface area contributed by atoms with Gasteiger partial charge in [-0.05, 0) is 30.5 Å². The average Bonchev–Trinajstić information content (AvgIpc) is 2.97. The first kappa shape index (κ1) is 15.3. The SMILES string of the molecule is Cc1cc(CCC(=O)NCc2ccc3c(c2)C(=O)NCC3)no1. The summed E-state index contributed by atoms with van der Waals surface area (Å²) in [5, 5.41) is 9.56. The van der Waals surface area contributed by atoms with E-state index >= 15 is 0 Å². The van der Waals surface area contributed by atoms with Crippen molar-refractivity contribution in [3.05, 3.63) is 52.4 Å². The molecule has 1 aromatic carbocycles. The van der Waals surface area contributed by atoms with E-state index in [4.69, 9.17) is 4.52 Å². The Morgan fingerprint density at radius 1 is 1.39 bits per heavy atom. The molecule has 1 aromatic heterocycles. The molecule has 2 N–H and O–H groups in total. The lowest BCUT2D eigenvalue weighted by Gasteiger charge is -2.17. The zero-order valence-electron chi connectivity index (χ0n) is 13.0. The molecule has 2 amide bonds. The van der Waals surface area contributed by atoms with E-state index in [9.17, 15) is 9.59 Å². The fourth-order valence-electron chi connectivity index (χ4n) is 2.64. The Kier molecular flexibility index (Phi) is 4.41. The summed E-state index contributed by atoms with van der Waals surface area (Å²) in [6.45, 7) is 2.92. The summed E-state index contributed by atoms with van der Waals surface area (Å²) in [5.74, 6) is 0.654. The van der Waals surface area contributed by atoms with Crippen molar-refractivity contribution in [3.63, 3.8) is 0 Å². The summed E-state index contributed by atoms with van der Waals surface area (Å²) < 4.78 is 4.97. The van der Waals surface area contributed by atoms with Crippen molar-refractivity contribution in [2.75, 3.05) is 6.54 Å². The Bertz CT molecular complexity index is 736. The molecule has 0 unspecified atom stereocenters. The smallest absolute Gasteiger partial charge is 0.251 e. The molecule has 0 spiro atoms. The van der Waals surface area contributed by atoms with Crippen LogP contribution in [-0.4, -0.2) is 23.5 Å². The summed E-state index contributed by atoms with van der Waals surface area (Å²) in [7, 11) is 0. The van der Waals surface area contributed by atoms with Crippen molar-refractivity contribution in [1.82, 2.24) is 15.8 Å². The minimum absolute atomic E-state index is 0.0409. The minimum Gasteiger partial charge on any atom is -0.361 e. The molecule has 2 heterocycles. The van der Waals surface area contributed by atoms with Crippen LogP contribution in [0.5, 0.6) is 0 Å². The van der Waals surface area contributed by atoms with E-state index in [0.29, 0.717) is 31.5 Å². The quantitative estimate of drug-likeness (QED) is 0.876. The third-order valence-electron chi connectivity index (χ3n) is 3.87. The number of benzene rings is 1. The predicted octanol–water partition coefficient (Wildman–Crippen LogP) is 1.52. The van der Waals surface area contributed by atoms with Crippen LogP contribution in [0.4, 0.5) is 0 Å². The van der Waals surface area contributed by atoms with Gasteiger partial charge in [-0.15, -0.1) is 0 Å². The number of hydrogen-bond donors (Lipinski definition) is 2. The van der Waals surface area contributed by atoms with Crippen molar-refractivity contribution < 1.29 is 14.1 Å². The van der Waals surface area contributed by atoms with Crippen molar-refractivity contribution in [2.45, 2.75) is 32.7 Å². The molecule has 6 heteroatoms. The molecule has 0 radical (unpaired) electrons. The van der Waals surface area contributed by atoms with Gasteiger partial charge in [-0.1, -0.05) is 17.3 Å². The molecular weight excluding hydrogens is 294 g/mol. The van der Waals surface area contributed by atoms with Crippen LogP contribution in [-0.2, 0) is 24.2 Å². The number of nitrogens with one attached hydrogen (secondary N) is 2. The Hall–Kier alpha value is -2.63. The van der Waals surface area contributed by atoms with Crippen LogP contribution in [0, 0.1) is 6.92 Å². The van der Waals surface area contributed by atoms with Gasteiger partial charge in [0, 0.05) is 37.6 Å². The first-order chi connectivity index (χ1) is 11.1. The van der Waals surface area contributed by atoms with Gasteiger partial charge < -0.3 is 15.2 Å². The van der Waals surface area contributed by atoms with Crippen LogP contribution in [0.25, 0.3) is 0 Å². The fourth-order valence-corrected chi connectivity index (χ4v) is 2.64. The Morgan fingerprint density at radius 2 is 2.26 bits per heavy atom. The molecule has 1 aliphatic rings. The van der Waals surface area contributed by atoms with Crippen LogP contribution < -0.4 is 10.6 Å². The van der Waals surface area contributed by atoms with E-state index in [-0.39, 0.29) is 11.8 Å². The minimum atomic E-state index is -0.0483. The number of nitrogens with zero attached hydrogens (tertiary/aromatic N) is 1. The van der Waals surface area contributed by atoms with E-state index in [0.717, 1.165) is 29.0 Å². The van der Waals surface area contributed by atoms with E-state index < -0.39 is 0 Å². The zero-order chi connectivity index (χ0) is 16.2. The Balaban J connectivity index is 1.52. The van der Waals surface area contributed by atoms with Crippen molar-refractivity contribution in [1.29, 1.82) is 0 Å². The van der Waals surface area contributed by atoms with Gasteiger partial charge in [0.05, 0.1) is 5.69 Å². The number of aryl methyl sites for hydroxylation is 2. The van der Waals surface area contributed by atoms with E-state index in [1.54, 1.807) is 0 Å². The molecular formula is C17H19N3O3. The molecule has 0 bridgehead atoms. The van der Waals surface area contributed by atoms with Crippen LogP contribution in [0.15, 0.2) is 28.8 Å². The first-order valence-electron chi connectivity index (χ1n) is 7.71. The van der Waals surface area contributed by atoms with Crippen molar-refractivity contribution >= 4 is 11.8 Å². The normalized spacial score (nSPS) is 13.3. The average molecular weight is 313 g/mol. The Morgan fingerprint density at radius 3 is 3.04 bits per heavy atom. The number of amides is 2. The van der Waals surface area contributed by atoms with E-state index in [2.05, 4.69) is 15.8 Å². The number of carbonyl (C=O) groups excluding carboxylic acids is 2. The number of hydrogen-bond acceptors (Lipinski definition) is 4. The van der Waals surface area contributed by atoms with Gasteiger partial charge in [0.15, 0.2) is 0 Å². The van der Waals surface area contributed by atoms with Gasteiger partial charge >= 0.3 is 0 Å². The van der Waals surface area contributed by atoms with Gasteiger partial charge in [0.25, 0.3) is 5.91 Å². The molecule has 6 nitrogen and oxygen atoms in total. The number of rotatable bonds is 5. The molecule has 120 valence electrons. The second kappa shape index (κ2) is 6.64. The summed E-state index contributed by atoms with van der Waals surface area (Å²) in [5.41, 5.74) is 3.47. The highest BCUT2D eigenvalue weighted by atomic mass is 16.5. The number of carbonyl (C=O) groups is 2. The molecule has 0 atom stereocenters. The van der Waals surface area contributed by atoms with Gasteiger partial charge in [0.1, 0.15) is 5.76 Å². The highest BCUT2D eigenvalue weighted by Crippen LogP contribution is 2.16. The van der Waals surface area contributed by atoms with Crippen LogP contribution in [0.1, 0.15) is 39.4 Å². The number of aromatic nitrogens is 1. The lowest BCUT2D eigenvalue weighted by atomic mass is 9.98. The highest BCUT2D eigenvalue weighted by Gasteiger charge is 2.16. The third-order valence-corrected chi connectivity index (χ3v) is 3.87. The monoisotopic (exact) mass is 313 g/mol. The fraction of sp³-hybridized carbons (Fsp3) is 0.353. The van der Waals surface area contributed by atoms with Gasteiger partial charge in [-0.25, -0.2) is 0 Å². The second-order valence-corrected chi connectivity index (χ2v) is 5.70. The maximum absolute atomic E-state index is 11.9. The first-order valence-corrected chi connectivity index (χ1v) is 7.71. The van der Waals surface area contributed by atoms with Gasteiger partial charge in [-0.3, -0.25) is 9.59 Å². The maximum atomic E-state index is 11.9. The number of fused-ring (bicyclic) bond motifs is 1. The van der Waals surface area contributed by atoms with E-state index in [1.165, 1.54) is 0 Å². The predicted molar refractivity (Wildman–Crippen MR) is 83.9 cm³/mol. The molecule has 1 aliphatic heterocycles. The van der Waals surface area contributed by atoms with Gasteiger partial charge in [-0.2, -0.15) is 0 Å². The Labute approximate surface area is 134 Å². The molecule has 23 heavy (non-hydrogen) atoms. The van der Waals surface area contributed by atoms with E-state index in [1.807, 2.05) is 31.2 Å². The molecule has 0 aliphatic carbocycles. The molecule has 3 rings (SSSR count). The van der Waals surface area contributed by atoms with Gasteiger partial charge in [0.2, 0.25) is 5.91 Å². The topological polar surface area (TPSA) is 84.2 Å². The highest BCUT2D eigenvalue weighted by molar-refractivity contribution is 5.96. The molecule has 0 saturated heterocycles. The molecule has 0 saturated carbocycles. The molecule has 0 fully saturated rings.